The molecule has 0 aromatic heterocycles. The fourth-order valence-corrected chi connectivity index (χ4v) is 2.79. The molecule has 1 nitrogen and oxygen atoms in total. The van der Waals surface area contributed by atoms with Gasteiger partial charge in [0.15, 0.2) is 0 Å². The van der Waals surface area contributed by atoms with E-state index < -0.39 is 0 Å². The van der Waals surface area contributed by atoms with Crippen LogP contribution in [0.1, 0.15) is 57.2 Å². The molecule has 0 radical (unpaired) electrons. The zero-order chi connectivity index (χ0) is 15.2. The van der Waals surface area contributed by atoms with Gasteiger partial charge in [-0.25, -0.2) is 0 Å². The highest BCUT2D eigenvalue weighted by molar-refractivity contribution is 5.30. The molecule has 0 saturated heterocycles. The van der Waals surface area contributed by atoms with Crippen molar-refractivity contribution in [1.82, 2.24) is 5.32 Å². The SMILES string of the molecule is CCC(CC)(CNCC(C)C)Cc1ccc(C)c(C)c1. The zero-order valence-corrected chi connectivity index (χ0v) is 14.3. The van der Waals surface area contributed by atoms with Crippen molar-refractivity contribution in [2.45, 2.75) is 60.8 Å². The first-order chi connectivity index (χ1) is 9.42. The molecule has 1 heteroatoms. The van der Waals surface area contributed by atoms with Crippen LogP contribution in [0.4, 0.5) is 0 Å². The summed E-state index contributed by atoms with van der Waals surface area (Å²) in [6.45, 7) is 15.9. The molecule has 0 heterocycles. The highest BCUT2D eigenvalue weighted by atomic mass is 14.9. The van der Waals surface area contributed by atoms with Gasteiger partial charge in [-0.1, -0.05) is 45.9 Å². The predicted octanol–water partition coefficient (Wildman–Crippen LogP) is 4.90. The Kier molecular flexibility index (Phi) is 6.75. The van der Waals surface area contributed by atoms with Crippen LogP contribution in [-0.2, 0) is 6.42 Å². The molecule has 0 unspecified atom stereocenters. The first-order valence-corrected chi connectivity index (χ1v) is 8.19. The van der Waals surface area contributed by atoms with Gasteiger partial charge in [-0.2, -0.15) is 0 Å². The van der Waals surface area contributed by atoms with Crippen LogP contribution in [-0.4, -0.2) is 13.1 Å². The van der Waals surface area contributed by atoms with Crippen LogP contribution in [0.15, 0.2) is 18.2 Å². The fraction of sp³-hybridized carbons (Fsp3) is 0.684. The Morgan fingerprint density at radius 2 is 1.70 bits per heavy atom. The van der Waals surface area contributed by atoms with E-state index in [1.807, 2.05) is 0 Å². The topological polar surface area (TPSA) is 12.0 Å². The minimum absolute atomic E-state index is 0.399. The lowest BCUT2D eigenvalue weighted by molar-refractivity contribution is 0.243. The van der Waals surface area contributed by atoms with E-state index in [-0.39, 0.29) is 0 Å². The molecule has 1 aromatic carbocycles. The van der Waals surface area contributed by atoms with Gasteiger partial charge >= 0.3 is 0 Å². The highest BCUT2D eigenvalue weighted by Gasteiger charge is 2.26. The molecule has 0 atom stereocenters. The minimum Gasteiger partial charge on any atom is -0.316 e. The molecule has 0 aliphatic heterocycles. The predicted molar refractivity (Wildman–Crippen MR) is 90.3 cm³/mol. The lowest BCUT2D eigenvalue weighted by atomic mass is 9.76. The lowest BCUT2D eigenvalue weighted by Crippen LogP contribution is -2.37. The molecule has 0 aliphatic carbocycles. The summed E-state index contributed by atoms with van der Waals surface area (Å²) in [7, 11) is 0. The van der Waals surface area contributed by atoms with E-state index in [2.05, 4.69) is 65.1 Å². The van der Waals surface area contributed by atoms with Crippen LogP contribution in [0.3, 0.4) is 0 Å². The van der Waals surface area contributed by atoms with Crippen LogP contribution in [0.2, 0.25) is 0 Å². The number of hydrogen-bond acceptors (Lipinski definition) is 1. The Labute approximate surface area is 126 Å². The van der Waals surface area contributed by atoms with Crippen molar-refractivity contribution in [3.05, 3.63) is 34.9 Å². The Morgan fingerprint density at radius 1 is 1.05 bits per heavy atom. The second-order valence-corrected chi connectivity index (χ2v) is 6.83. The lowest BCUT2D eigenvalue weighted by Gasteiger charge is -2.33. The molecule has 0 saturated carbocycles. The summed E-state index contributed by atoms with van der Waals surface area (Å²) < 4.78 is 0. The van der Waals surface area contributed by atoms with Crippen molar-refractivity contribution < 1.29 is 0 Å². The van der Waals surface area contributed by atoms with Gasteiger partial charge in [0.25, 0.3) is 0 Å². The van der Waals surface area contributed by atoms with E-state index >= 15 is 0 Å². The third-order valence-electron chi connectivity index (χ3n) is 4.70. The number of aryl methyl sites for hydroxylation is 2. The Balaban J connectivity index is 2.76. The van der Waals surface area contributed by atoms with Crippen LogP contribution < -0.4 is 5.32 Å². The maximum absolute atomic E-state index is 3.67. The molecule has 0 spiro atoms. The number of hydrogen-bond donors (Lipinski definition) is 1. The maximum Gasteiger partial charge on any atom is 0.00109 e. The van der Waals surface area contributed by atoms with E-state index in [0.717, 1.165) is 19.0 Å². The Morgan fingerprint density at radius 3 is 2.20 bits per heavy atom. The van der Waals surface area contributed by atoms with Gasteiger partial charge in [0.05, 0.1) is 0 Å². The van der Waals surface area contributed by atoms with E-state index in [1.54, 1.807) is 0 Å². The first-order valence-electron chi connectivity index (χ1n) is 8.19. The fourth-order valence-electron chi connectivity index (χ4n) is 2.79. The third-order valence-corrected chi connectivity index (χ3v) is 4.70. The van der Waals surface area contributed by atoms with Crippen LogP contribution in [0.5, 0.6) is 0 Å². The number of rotatable bonds is 8. The van der Waals surface area contributed by atoms with Gasteiger partial charge in [0.2, 0.25) is 0 Å². The summed E-state index contributed by atoms with van der Waals surface area (Å²) in [5.74, 6) is 0.725. The highest BCUT2D eigenvalue weighted by Crippen LogP contribution is 2.31. The van der Waals surface area contributed by atoms with Crippen molar-refractivity contribution >= 4 is 0 Å². The van der Waals surface area contributed by atoms with Gasteiger partial charge < -0.3 is 5.32 Å². The van der Waals surface area contributed by atoms with Crippen molar-refractivity contribution in [3.8, 4) is 0 Å². The molecule has 0 aliphatic rings. The zero-order valence-electron chi connectivity index (χ0n) is 14.3. The molecule has 1 rings (SSSR count). The van der Waals surface area contributed by atoms with Crippen LogP contribution in [0, 0.1) is 25.2 Å². The molecule has 1 N–H and O–H groups in total. The maximum atomic E-state index is 3.67. The molecule has 0 amide bonds. The summed E-state index contributed by atoms with van der Waals surface area (Å²) in [5.41, 5.74) is 4.70. The second kappa shape index (κ2) is 7.83. The van der Waals surface area contributed by atoms with Gasteiger partial charge in [-0.3, -0.25) is 0 Å². The Bertz CT molecular complexity index is 402. The minimum atomic E-state index is 0.399. The molecule has 20 heavy (non-hydrogen) atoms. The summed E-state index contributed by atoms with van der Waals surface area (Å²) in [6.07, 6.45) is 3.66. The van der Waals surface area contributed by atoms with Crippen molar-refractivity contribution in [3.63, 3.8) is 0 Å². The summed E-state index contributed by atoms with van der Waals surface area (Å²) in [6, 6.07) is 6.95. The standard InChI is InChI=1S/C19H33N/c1-7-19(8-2,14-20-13-15(3)4)12-18-10-9-16(5)17(6)11-18/h9-11,15,20H,7-8,12-14H2,1-6H3. The molecule has 0 fully saturated rings. The summed E-state index contributed by atoms with van der Waals surface area (Å²) in [5, 5.41) is 3.67. The van der Waals surface area contributed by atoms with E-state index in [9.17, 15) is 0 Å². The second-order valence-electron chi connectivity index (χ2n) is 6.83. The van der Waals surface area contributed by atoms with Gasteiger partial charge in [-0.05, 0) is 67.7 Å². The molecule has 0 bridgehead atoms. The molecular weight excluding hydrogens is 242 g/mol. The number of nitrogens with one attached hydrogen (secondary N) is 1. The quantitative estimate of drug-likeness (QED) is 0.711. The molecule has 1 aromatic rings. The largest absolute Gasteiger partial charge is 0.316 e. The molecule has 114 valence electrons. The number of benzene rings is 1. The van der Waals surface area contributed by atoms with Gasteiger partial charge in [-0.15, -0.1) is 0 Å². The first kappa shape index (κ1) is 17.2. The van der Waals surface area contributed by atoms with E-state index in [4.69, 9.17) is 0 Å². The van der Waals surface area contributed by atoms with Crippen LogP contribution >= 0.6 is 0 Å². The van der Waals surface area contributed by atoms with E-state index in [1.165, 1.54) is 36.0 Å². The summed E-state index contributed by atoms with van der Waals surface area (Å²) >= 11 is 0. The van der Waals surface area contributed by atoms with Gasteiger partial charge in [0, 0.05) is 6.54 Å². The third kappa shape index (κ3) is 4.94. The average molecular weight is 275 g/mol. The Hall–Kier alpha value is -0.820. The van der Waals surface area contributed by atoms with Crippen molar-refractivity contribution in [2.75, 3.05) is 13.1 Å². The summed E-state index contributed by atoms with van der Waals surface area (Å²) in [4.78, 5) is 0. The van der Waals surface area contributed by atoms with Gasteiger partial charge in [0.1, 0.15) is 0 Å². The van der Waals surface area contributed by atoms with Crippen molar-refractivity contribution in [1.29, 1.82) is 0 Å². The molecular formula is C19H33N. The normalized spacial score (nSPS) is 12.2. The average Bonchev–Trinajstić information content (AvgIpc) is 2.41. The monoisotopic (exact) mass is 275 g/mol. The smallest absolute Gasteiger partial charge is 0.00109 e. The van der Waals surface area contributed by atoms with Crippen molar-refractivity contribution in [2.24, 2.45) is 11.3 Å². The van der Waals surface area contributed by atoms with Crippen LogP contribution in [0.25, 0.3) is 0 Å². The van der Waals surface area contributed by atoms with E-state index in [0.29, 0.717) is 5.41 Å².